The van der Waals surface area contributed by atoms with Crippen LogP contribution in [0.15, 0.2) is 51.5 Å². The van der Waals surface area contributed by atoms with Gasteiger partial charge in [-0.1, -0.05) is 30.0 Å². The summed E-state index contributed by atoms with van der Waals surface area (Å²) in [5.74, 6) is 0.564. The van der Waals surface area contributed by atoms with Crippen LogP contribution in [0.3, 0.4) is 0 Å². The summed E-state index contributed by atoms with van der Waals surface area (Å²) >= 11 is 3.09. The number of thiophene rings is 1. The number of para-hydroxylation sites is 1. The van der Waals surface area contributed by atoms with Gasteiger partial charge in [0.15, 0.2) is 0 Å². The molecule has 1 amide bonds. The van der Waals surface area contributed by atoms with Crippen LogP contribution in [-0.2, 0) is 17.8 Å². The fourth-order valence-electron chi connectivity index (χ4n) is 3.51. The van der Waals surface area contributed by atoms with Crippen LogP contribution < -0.4 is 0 Å². The predicted molar refractivity (Wildman–Crippen MR) is 110 cm³/mol. The number of fused-ring (bicyclic) bond motifs is 2. The van der Waals surface area contributed by atoms with Crippen LogP contribution in [0, 0.1) is 0 Å². The molecule has 0 fully saturated rings. The first-order valence-corrected chi connectivity index (χ1v) is 10.9. The molecule has 1 aliphatic heterocycles. The fraction of sp³-hybridized carbons (Fsp3) is 0.250. The number of nitrogens with zero attached hydrogens (tertiary/aromatic N) is 3. The Bertz CT molecular complexity index is 1150. The van der Waals surface area contributed by atoms with Gasteiger partial charge in [-0.2, -0.15) is 0 Å². The summed E-state index contributed by atoms with van der Waals surface area (Å²) in [6, 6.07) is 10.1. The van der Waals surface area contributed by atoms with Crippen molar-refractivity contribution in [2.24, 2.45) is 0 Å². The van der Waals surface area contributed by atoms with E-state index in [1.165, 1.54) is 22.2 Å². The molecule has 4 aromatic rings. The van der Waals surface area contributed by atoms with Gasteiger partial charge in [0.1, 0.15) is 0 Å². The number of aromatic amines is 1. The highest BCUT2D eigenvalue weighted by Gasteiger charge is 2.27. The maximum absolute atomic E-state index is 12.9. The van der Waals surface area contributed by atoms with Crippen molar-refractivity contribution in [2.75, 3.05) is 6.54 Å². The lowest BCUT2D eigenvalue weighted by atomic mass is 10.1. The smallest absolute Gasteiger partial charge is 0.277 e. The SMILES string of the molecule is CC(Sc1nnc(-c2c[nH]c3ccccc23)o1)C(=O)N1CCc2sccc2C1. The summed E-state index contributed by atoms with van der Waals surface area (Å²) in [6.45, 7) is 3.35. The van der Waals surface area contributed by atoms with Crippen molar-refractivity contribution in [3.8, 4) is 11.5 Å². The fourth-order valence-corrected chi connectivity index (χ4v) is 5.17. The third-order valence-electron chi connectivity index (χ3n) is 4.97. The molecule has 28 heavy (non-hydrogen) atoms. The molecule has 0 bridgehead atoms. The van der Waals surface area contributed by atoms with Crippen LogP contribution in [0.25, 0.3) is 22.4 Å². The van der Waals surface area contributed by atoms with E-state index in [0.29, 0.717) is 17.7 Å². The highest BCUT2D eigenvalue weighted by Crippen LogP contribution is 2.32. The summed E-state index contributed by atoms with van der Waals surface area (Å²) in [5.41, 5.74) is 3.16. The van der Waals surface area contributed by atoms with E-state index in [0.717, 1.165) is 29.4 Å². The van der Waals surface area contributed by atoms with E-state index in [1.807, 2.05) is 42.3 Å². The highest BCUT2D eigenvalue weighted by molar-refractivity contribution is 8.00. The molecule has 6 nitrogen and oxygen atoms in total. The second-order valence-electron chi connectivity index (χ2n) is 6.76. The number of H-pyrrole nitrogens is 1. The number of aromatic nitrogens is 3. The molecule has 1 aromatic carbocycles. The Morgan fingerprint density at radius 2 is 2.21 bits per heavy atom. The molecule has 142 valence electrons. The summed E-state index contributed by atoms with van der Waals surface area (Å²) in [4.78, 5) is 19.4. The summed E-state index contributed by atoms with van der Waals surface area (Å²) in [5, 5.41) is 11.6. The lowest BCUT2D eigenvalue weighted by molar-refractivity contribution is -0.131. The first-order chi connectivity index (χ1) is 13.7. The zero-order chi connectivity index (χ0) is 19.1. The van der Waals surface area contributed by atoms with Crippen molar-refractivity contribution in [3.05, 3.63) is 52.3 Å². The van der Waals surface area contributed by atoms with Crippen LogP contribution in [0.4, 0.5) is 0 Å². The Labute approximate surface area is 170 Å². The van der Waals surface area contributed by atoms with Gasteiger partial charge in [-0.05, 0) is 36.4 Å². The Balaban J connectivity index is 1.30. The van der Waals surface area contributed by atoms with E-state index in [2.05, 4.69) is 26.6 Å². The summed E-state index contributed by atoms with van der Waals surface area (Å²) < 4.78 is 5.84. The molecule has 3 aromatic heterocycles. The lowest BCUT2D eigenvalue weighted by Crippen LogP contribution is -2.39. The third-order valence-corrected chi connectivity index (χ3v) is 6.92. The molecule has 4 heterocycles. The van der Waals surface area contributed by atoms with Gasteiger partial charge >= 0.3 is 0 Å². The number of rotatable bonds is 4. The van der Waals surface area contributed by atoms with E-state index in [1.54, 1.807) is 11.3 Å². The van der Waals surface area contributed by atoms with Crippen LogP contribution >= 0.6 is 23.1 Å². The zero-order valence-electron chi connectivity index (χ0n) is 15.2. The average molecular weight is 411 g/mol. The molecule has 0 saturated heterocycles. The van der Waals surface area contributed by atoms with E-state index in [9.17, 15) is 4.79 Å². The van der Waals surface area contributed by atoms with Gasteiger partial charge in [-0.15, -0.1) is 21.5 Å². The van der Waals surface area contributed by atoms with Crippen LogP contribution in [-0.4, -0.2) is 37.8 Å². The maximum atomic E-state index is 12.9. The minimum atomic E-state index is -0.281. The number of carbonyl (C=O) groups excluding carboxylic acids is 1. The van der Waals surface area contributed by atoms with Crippen LogP contribution in [0.2, 0.25) is 0 Å². The first kappa shape index (κ1) is 17.5. The number of benzene rings is 1. The number of hydrogen-bond acceptors (Lipinski definition) is 6. The van der Waals surface area contributed by atoms with Crippen LogP contribution in [0.1, 0.15) is 17.4 Å². The van der Waals surface area contributed by atoms with Crippen molar-refractivity contribution in [1.82, 2.24) is 20.1 Å². The van der Waals surface area contributed by atoms with Gasteiger partial charge in [0.25, 0.3) is 11.1 Å². The minimum absolute atomic E-state index is 0.105. The quantitative estimate of drug-likeness (QED) is 0.507. The molecule has 8 heteroatoms. The van der Waals surface area contributed by atoms with Gasteiger partial charge in [0, 0.05) is 35.1 Å². The predicted octanol–water partition coefficient (Wildman–Crippen LogP) is 4.34. The molecule has 1 N–H and O–H groups in total. The van der Waals surface area contributed by atoms with Crippen molar-refractivity contribution in [1.29, 1.82) is 0 Å². The van der Waals surface area contributed by atoms with E-state index >= 15 is 0 Å². The summed E-state index contributed by atoms with van der Waals surface area (Å²) in [7, 11) is 0. The van der Waals surface area contributed by atoms with Gasteiger partial charge < -0.3 is 14.3 Å². The number of amides is 1. The van der Waals surface area contributed by atoms with Crippen molar-refractivity contribution >= 4 is 39.9 Å². The Kier molecular flexibility index (Phi) is 4.44. The third kappa shape index (κ3) is 3.12. The van der Waals surface area contributed by atoms with E-state index in [-0.39, 0.29) is 11.2 Å². The van der Waals surface area contributed by atoms with Gasteiger partial charge in [0.05, 0.1) is 10.8 Å². The number of nitrogens with one attached hydrogen (secondary N) is 1. The van der Waals surface area contributed by atoms with Gasteiger partial charge in [-0.25, -0.2) is 0 Å². The minimum Gasteiger partial charge on any atom is -0.411 e. The Morgan fingerprint density at radius 1 is 1.32 bits per heavy atom. The molecular formula is C20H18N4O2S2. The summed E-state index contributed by atoms with van der Waals surface area (Å²) in [6.07, 6.45) is 2.80. The molecule has 0 aliphatic carbocycles. The standard InChI is InChI=1S/C20H18N4O2S2/c1-12(19(25)24-8-6-17-13(11-24)7-9-27-17)28-20-23-22-18(26-20)15-10-21-16-5-3-2-4-14(15)16/h2-5,7,9-10,12,21H,6,8,11H2,1H3. The maximum Gasteiger partial charge on any atom is 0.277 e. The molecule has 0 saturated carbocycles. The zero-order valence-corrected chi connectivity index (χ0v) is 16.8. The second-order valence-corrected chi connectivity index (χ2v) is 9.05. The van der Waals surface area contributed by atoms with E-state index in [4.69, 9.17) is 4.42 Å². The molecule has 1 aliphatic rings. The molecule has 0 spiro atoms. The second kappa shape index (κ2) is 7.10. The van der Waals surface area contributed by atoms with Crippen LogP contribution in [0.5, 0.6) is 0 Å². The number of carbonyl (C=O) groups is 1. The first-order valence-electron chi connectivity index (χ1n) is 9.10. The van der Waals surface area contributed by atoms with Gasteiger partial charge in [0.2, 0.25) is 5.91 Å². The Hall–Kier alpha value is -2.58. The van der Waals surface area contributed by atoms with Crippen molar-refractivity contribution in [3.63, 3.8) is 0 Å². The van der Waals surface area contributed by atoms with E-state index < -0.39 is 0 Å². The normalized spacial score (nSPS) is 15.0. The van der Waals surface area contributed by atoms with Crippen molar-refractivity contribution < 1.29 is 9.21 Å². The van der Waals surface area contributed by atoms with Crippen molar-refractivity contribution in [2.45, 2.75) is 30.4 Å². The average Bonchev–Trinajstić information content (AvgIpc) is 3.45. The number of hydrogen-bond donors (Lipinski definition) is 1. The monoisotopic (exact) mass is 410 g/mol. The number of thioether (sulfide) groups is 1. The molecule has 1 unspecified atom stereocenters. The largest absolute Gasteiger partial charge is 0.411 e. The Morgan fingerprint density at radius 3 is 3.14 bits per heavy atom. The van der Waals surface area contributed by atoms with Gasteiger partial charge in [-0.3, -0.25) is 4.79 Å². The molecule has 5 rings (SSSR count). The topological polar surface area (TPSA) is 75.0 Å². The molecule has 0 radical (unpaired) electrons. The molecule has 1 atom stereocenters. The highest BCUT2D eigenvalue weighted by atomic mass is 32.2. The lowest BCUT2D eigenvalue weighted by Gasteiger charge is -2.28. The molecular weight excluding hydrogens is 392 g/mol.